The van der Waals surface area contributed by atoms with Gasteiger partial charge in [0.2, 0.25) is 0 Å². The topological polar surface area (TPSA) is 3.24 Å². The summed E-state index contributed by atoms with van der Waals surface area (Å²) in [5.41, 5.74) is 0. The molecule has 0 N–H and O–H groups in total. The van der Waals surface area contributed by atoms with Crippen LogP contribution in [0.1, 0.15) is 0 Å². The van der Waals surface area contributed by atoms with Crippen molar-refractivity contribution >= 4 is 10.2 Å². The number of hydrogen-bond donors (Lipinski definition) is 0. The summed E-state index contributed by atoms with van der Waals surface area (Å²) in [4.78, 5) is 2.00. The molecule has 1 nitrogen and oxygen atoms in total. The fourth-order valence-corrected chi connectivity index (χ4v) is 0. The van der Waals surface area contributed by atoms with Crippen molar-refractivity contribution in [2.75, 3.05) is 21.1 Å². The SMILES string of the molecule is CN(C)C.FC(F)(F)C[SiH3]. The molecule has 0 heterocycles. The Kier molecular flexibility index (Phi) is 7.23. The van der Waals surface area contributed by atoms with Crippen LogP contribution in [0.2, 0.25) is 6.04 Å². The highest BCUT2D eigenvalue weighted by atomic mass is 28.1. The van der Waals surface area contributed by atoms with E-state index in [4.69, 9.17) is 0 Å². The molecule has 0 bridgehead atoms. The molecular weight excluding hydrogens is 159 g/mol. The van der Waals surface area contributed by atoms with Crippen molar-refractivity contribution in [3.8, 4) is 0 Å². The summed E-state index contributed by atoms with van der Waals surface area (Å²) >= 11 is 0. The molecule has 10 heavy (non-hydrogen) atoms. The third kappa shape index (κ3) is 43.9. The zero-order valence-electron chi connectivity index (χ0n) is 6.79. The number of nitrogens with zero attached hydrogens (tertiary/aromatic N) is 1. The molecule has 0 unspecified atom stereocenters. The van der Waals surface area contributed by atoms with Gasteiger partial charge in [-0.05, 0) is 21.1 Å². The van der Waals surface area contributed by atoms with Gasteiger partial charge in [0.1, 0.15) is 0 Å². The number of alkyl halides is 3. The Morgan fingerprint density at radius 1 is 1.20 bits per heavy atom. The van der Waals surface area contributed by atoms with Crippen molar-refractivity contribution < 1.29 is 13.2 Å². The lowest BCUT2D eigenvalue weighted by Crippen LogP contribution is -2.03. The van der Waals surface area contributed by atoms with Gasteiger partial charge in [0.25, 0.3) is 0 Å². The first-order valence-corrected chi connectivity index (χ1v) is 4.38. The van der Waals surface area contributed by atoms with Crippen LogP contribution in [0.25, 0.3) is 0 Å². The predicted octanol–water partition coefficient (Wildman–Crippen LogP) is 0.510. The van der Waals surface area contributed by atoms with Crippen molar-refractivity contribution in [1.82, 2.24) is 4.90 Å². The van der Waals surface area contributed by atoms with Gasteiger partial charge in [-0.3, -0.25) is 0 Å². The van der Waals surface area contributed by atoms with Gasteiger partial charge in [0, 0.05) is 16.3 Å². The smallest absolute Gasteiger partial charge is 0.312 e. The molecule has 0 saturated carbocycles. The maximum absolute atomic E-state index is 10.8. The van der Waals surface area contributed by atoms with E-state index in [0.717, 1.165) is 0 Å². The molecule has 0 aliphatic heterocycles. The van der Waals surface area contributed by atoms with E-state index >= 15 is 0 Å². The van der Waals surface area contributed by atoms with E-state index in [0.29, 0.717) is 0 Å². The van der Waals surface area contributed by atoms with E-state index < -0.39 is 12.2 Å². The molecule has 0 atom stereocenters. The maximum atomic E-state index is 10.8. The molecule has 0 aromatic rings. The van der Waals surface area contributed by atoms with Crippen LogP contribution in [-0.4, -0.2) is 42.5 Å². The lowest BCUT2D eigenvalue weighted by atomic mass is 10.8. The average molecular weight is 173 g/mol. The quantitative estimate of drug-likeness (QED) is 0.482. The Morgan fingerprint density at radius 3 is 1.30 bits per heavy atom. The third-order valence-corrected chi connectivity index (χ3v) is 1.20. The molecule has 0 aromatic heterocycles. The molecule has 0 saturated heterocycles. The molecule has 0 aliphatic carbocycles. The minimum absolute atomic E-state index is 0.223. The number of rotatable bonds is 0. The van der Waals surface area contributed by atoms with Gasteiger partial charge in [0.15, 0.2) is 0 Å². The molecular formula is C5H14F3NSi. The second-order valence-electron chi connectivity index (χ2n) is 2.31. The zero-order valence-corrected chi connectivity index (χ0v) is 8.79. The Morgan fingerprint density at radius 2 is 1.30 bits per heavy atom. The van der Waals surface area contributed by atoms with Crippen LogP contribution >= 0.6 is 0 Å². The molecule has 0 fully saturated rings. The highest BCUT2D eigenvalue weighted by Gasteiger charge is 2.22. The first-order valence-electron chi connectivity index (χ1n) is 2.97. The fourth-order valence-electron chi connectivity index (χ4n) is 0. The molecule has 0 rings (SSSR count). The van der Waals surface area contributed by atoms with E-state index in [1.807, 2.05) is 26.0 Å². The van der Waals surface area contributed by atoms with E-state index in [2.05, 4.69) is 0 Å². The van der Waals surface area contributed by atoms with Crippen LogP contribution < -0.4 is 0 Å². The number of hydrogen-bond acceptors (Lipinski definition) is 1. The van der Waals surface area contributed by atoms with Gasteiger partial charge in [-0.15, -0.1) is 0 Å². The van der Waals surface area contributed by atoms with Crippen LogP contribution in [0.5, 0.6) is 0 Å². The fraction of sp³-hybridized carbons (Fsp3) is 1.00. The van der Waals surface area contributed by atoms with Gasteiger partial charge in [0.05, 0.1) is 0 Å². The Bertz CT molecular complexity index is 69.0. The number of halogens is 3. The highest BCUT2D eigenvalue weighted by Crippen LogP contribution is 2.16. The van der Waals surface area contributed by atoms with Gasteiger partial charge in [-0.25, -0.2) is 0 Å². The van der Waals surface area contributed by atoms with E-state index in [1.54, 1.807) is 0 Å². The normalized spacial score (nSPS) is 11.1. The summed E-state index contributed by atoms with van der Waals surface area (Å²) in [7, 11) is 6.22. The van der Waals surface area contributed by atoms with Crippen LogP contribution in [0, 0.1) is 0 Å². The molecule has 5 heteroatoms. The molecule has 0 radical (unpaired) electrons. The summed E-state index contributed by atoms with van der Waals surface area (Å²) in [6, 6.07) is -0.590. The lowest BCUT2D eigenvalue weighted by molar-refractivity contribution is -0.109. The van der Waals surface area contributed by atoms with Crippen molar-refractivity contribution in [3.63, 3.8) is 0 Å². The van der Waals surface area contributed by atoms with Gasteiger partial charge in [-0.1, -0.05) is 0 Å². The van der Waals surface area contributed by atoms with Crippen molar-refractivity contribution in [1.29, 1.82) is 0 Å². The van der Waals surface area contributed by atoms with Gasteiger partial charge >= 0.3 is 6.18 Å². The molecule has 0 amide bonds. The Balaban J connectivity index is 0. The summed E-state index contributed by atoms with van der Waals surface area (Å²) < 4.78 is 32.5. The first-order chi connectivity index (χ1) is 4.29. The minimum atomic E-state index is -3.90. The standard InChI is InChI=1S/C3H9N.C2H5F3Si/c1-4(2)3;3-2(4,5)1-6/h1-3H3;1H2,6H3. The average Bonchev–Trinajstić information content (AvgIpc) is 1.63. The molecule has 64 valence electrons. The minimum Gasteiger partial charge on any atom is -0.312 e. The predicted molar refractivity (Wildman–Crippen MR) is 40.4 cm³/mol. The Labute approximate surface area is 62.6 Å². The summed E-state index contributed by atoms with van der Waals surface area (Å²) in [5, 5.41) is 0. The first kappa shape index (κ1) is 12.6. The Hall–Kier alpha value is -0.0331. The lowest BCUT2D eigenvalue weighted by Gasteiger charge is -1.96. The summed E-state index contributed by atoms with van der Waals surface area (Å²) in [6.07, 6.45) is -3.90. The second kappa shape index (κ2) is 5.73. The van der Waals surface area contributed by atoms with Crippen molar-refractivity contribution in [3.05, 3.63) is 0 Å². The second-order valence-corrected chi connectivity index (χ2v) is 3.02. The van der Waals surface area contributed by atoms with Crippen LogP contribution in [0.15, 0.2) is 0 Å². The van der Waals surface area contributed by atoms with Gasteiger partial charge < -0.3 is 4.90 Å². The summed E-state index contributed by atoms with van der Waals surface area (Å²) in [5.74, 6) is 0. The van der Waals surface area contributed by atoms with Crippen molar-refractivity contribution in [2.45, 2.75) is 12.2 Å². The maximum Gasteiger partial charge on any atom is 0.386 e. The van der Waals surface area contributed by atoms with Crippen LogP contribution in [0.4, 0.5) is 13.2 Å². The zero-order chi connectivity index (χ0) is 8.78. The van der Waals surface area contributed by atoms with E-state index in [9.17, 15) is 13.2 Å². The highest BCUT2D eigenvalue weighted by molar-refractivity contribution is 6.08. The molecule has 0 aliphatic rings. The van der Waals surface area contributed by atoms with Crippen LogP contribution in [0.3, 0.4) is 0 Å². The van der Waals surface area contributed by atoms with E-state index in [1.165, 1.54) is 0 Å². The van der Waals surface area contributed by atoms with Gasteiger partial charge in [-0.2, -0.15) is 13.2 Å². The molecule has 0 spiro atoms. The van der Waals surface area contributed by atoms with E-state index in [-0.39, 0.29) is 10.2 Å². The monoisotopic (exact) mass is 173 g/mol. The third-order valence-electron chi connectivity index (χ3n) is 0.401. The van der Waals surface area contributed by atoms with Crippen molar-refractivity contribution in [2.24, 2.45) is 0 Å². The molecule has 0 aromatic carbocycles. The summed E-state index contributed by atoms with van der Waals surface area (Å²) in [6.45, 7) is 0. The largest absolute Gasteiger partial charge is 0.386 e. The van der Waals surface area contributed by atoms with Crippen LogP contribution in [-0.2, 0) is 0 Å².